The fraction of sp³-hybridized carbons (Fsp3) is 0.478. The van der Waals surface area contributed by atoms with Crippen molar-refractivity contribution >= 4 is 28.8 Å². The topological polar surface area (TPSA) is 75.4 Å². The van der Waals surface area contributed by atoms with Gasteiger partial charge in [0.2, 0.25) is 5.91 Å². The molecule has 1 aliphatic heterocycles. The third-order valence-corrected chi connectivity index (χ3v) is 7.27. The minimum absolute atomic E-state index is 0.0239. The number of anilines is 1. The van der Waals surface area contributed by atoms with Crippen LogP contribution in [0.25, 0.3) is 0 Å². The average Bonchev–Trinajstić information content (AvgIpc) is 3.00. The molecule has 1 saturated heterocycles. The Morgan fingerprint density at radius 2 is 1.97 bits per heavy atom. The maximum absolute atomic E-state index is 12.9. The van der Waals surface area contributed by atoms with Crippen LogP contribution in [0.15, 0.2) is 30.3 Å². The van der Waals surface area contributed by atoms with E-state index in [1.54, 1.807) is 11.3 Å². The lowest BCUT2D eigenvalue weighted by Crippen LogP contribution is -2.40. The molecule has 1 aromatic carbocycles. The molecule has 2 heterocycles. The number of hydrogen-bond acceptors (Lipinski definition) is 4. The molecule has 0 saturated carbocycles. The minimum Gasteiger partial charge on any atom is -0.369 e. The molecule has 0 unspecified atom stereocenters. The number of benzene rings is 1. The largest absolute Gasteiger partial charge is 0.369 e. The molecule has 3 N–H and O–H groups in total. The summed E-state index contributed by atoms with van der Waals surface area (Å²) in [5.74, 6) is -0.315. The number of nitrogens with zero attached hydrogens (tertiary/aromatic N) is 1. The van der Waals surface area contributed by atoms with Crippen molar-refractivity contribution < 1.29 is 9.59 Å². The zero-order valence-electron chi connectivity index (χ0n) is 16.8. The predicted molar refractivity (Wildman–Crippen MR) is 117 cm³/mol. The average molecular weight is 412 g/mol. The normalized spacial score (nSPS) is 19.9. The smallest absolute Gasteiger partial charge is 0.265 e. The van der Waals surface area contributed by atoms with Gasteiger partial charge in [0.15, 0.2) is 0 Å². The van der Waals surface area contributed by atoms with E-state index in [4.69, 9.17) is 5.73 Å². The summed E-state index contributed by atoms with van der Waals surface area (Å²) < 4.78 is 0. The molecule has 1 aromatic heterocycles. The lowest BCUT2D eigenvalue weighted by atomic mass is 9.97. The van der Waals surface area contributed by atoms with Crippen molar-refractivity contribution in [2.24, 2.45) is 11.7 Å². The molecule has 5 nitrogen and oxygen atoms in total. The van der Waals surface area contributed by atoms with E-state index in [0.717, 1.165) is 48.4 Å². The number of aryl methyl sites for hydroxylation is 2. The van der Waals surface area contributed by atoms with E-state index in [2.05, 4.69) is 16.3 Å². The molecule has 1 atom stereocenters. The van der Waals surface area contributed by atoms with Crippen molar-refractivity contribution in [1.82, 2.24) is 4.90 Å². The number of para-hydroxylation sites is 1. The molecule has 0 bridgehead atoms. The van der Waals surface area contributed by atoms with E-state index >= 15 is 0 Å². The standard InChI is InChI=1S/C23H29N3O2S/c24-22(27)18-9-6-12-26(15-18)14-17-8-4-5-10-19(17)25-23(28)21-13-16-7-2-1-3-11-20(16)29-21/h4-5,8,10,13,18H,1-3,6-7,9,11-12,14-15H2,(H2,24,27)(H,25,28)/t18-/m0/s1. The maximum Gasteiger partial charge on any atom is 0.265 e. The number of rotatable bonds is 5. The second-order valence-electron chi connectivity index (χ2n) is 8.21. The van der Waals surface area contributed by atoms with Crippen LogP contribution < -0.4 is 11.1 Å². The Bertz CT molecular complexity index is 868. The summed E-state index contributed by atoms with van der Waals surface area (Å²) in [6.45, 7) is 2.35. The van der Waals surface area contributed by atoms with E-state index in [1.807, 2.05) is 24.3 Å². The van der Waals surface area contributed by atoms with Gasteiger partial charge in [-0.3, -0.25) is 14.5 Å². The molecule has 154 valence electrons. The first-order valence-electron chi connectivity index (χ1n) is 10.6. The molecule has 2 aliphatic rings. The highest BCUT2D eigenvalue weighted by atomic mass is 32.1. The van der Waals surface area contributed by atoms with Gasteiger partial charge in [0.05, 0.1) is 10.8 Å². The Morgan fingerprint density at radius 3 is 2.83 bits per heavy atom. The number of amides is 2. The number of piperidine rings is 1. The Hall–Kier alpha value is -2.18. The van der Waals surface area contributed by atoms with E-state index in [9.17, 15) is 9.59 Å². The van der Waals surface area contributed by atoms with Gasteiger partial charge in [0.1, 0.15) is 0 Å². The molecule has 2 amide bonds. The Labute approximate surface area is 176 Å². The van der Waals surface area contributed by atoms with Crippen LogP contribution in [-0.2, 0) is 24.2 Å². The Kier molecular flexibility index (Phi) is 6.31. The van der Waals surface area contributed by atoms with Crippen molar-refractivity contribution in [3.8, 4) is 0 Å². The van der Waals surface area contributed by atoms with Gasteiger partial charge in [0, 0.05) is 23.7 Å². The summed E-state index contributed by atoms with van der Waals surface area (Å²) in [6, 6.07) is 10.0. The predicted octanol–water partition coefficient (Wildman–Crippen LogP) is 3.97. The summed E-state index contributed by atoms with van der Waals surface area (Å²) in [5, 5.41) is 3.13. The number of primary amides is 1. The minimum atomic E-state index is -0.214. The zero-order chi connectivity index (χ0) is 20.2. The van der Waals surface area contributed by atoms with Crippen LogP contribution in [0.1, 0.15) is 57.8 Å². The molecule has 29 heavy (non-hydrogen) atoms. The van der Waals surface area contributed by atoms with E-state index in [-0.39, 0.29) is 17.7 Å². The number of carbonyl (C=O) groups excluding carboxylic acids is 2. The van der Waals surface area contributed by atoms with Crippen LogP contribution in [0, 0.1) is 5.92 Å². The first kappa shape index (κ1) is 20.1. The van der Waals surface area contributed by atoms with Crippen LogP contribution >= 0.6 is 11.3 Å². The summed E-state index contributed by atoms with van der Waals surface area (Å²) in [5.41, 5.74) is 8.79. The summed E-state index contributed by atoms with van der Waals surface area (Å²) in [4.78, 5) is 28.9. The molecule has 1 fully saturated rings. The Balaban J connectivity index is 1.46. The monoisotopic (exact) mass is 411 g/mol. The van der Waals surface area contributed by atoms with Gasteiger partial charge in [0.25, 0.3) is 5.91 Å². The lowest BCUT2D eigenvalue weighted by molar-refractivity contribution is -0.123. The molecule has 1 aliphatic carbocycles. The van der Waals surface area contributed by atoms with Crippen LogP contribution in [0.2, 0.25) is 0 Å². The van der Waals surface area contributed by atoms with Crippen molar-refractivity contribution in [3.63, 3.8) is 0 Å². The maximum atomic E-state index is 12.9. The van der Waals surface area contributed by atoms with Gasteiger partial charge in [-0.05, 0) is 68.3 Å². The quantitative estimate of drug-likeness (QED) is 0.731. The van der Waals surface area contributed by atoms with Crippen molar-refractivity contribution in [2.75, 3.05) is 18.4 Å². The van der Waals surface area contributed by atoms with Gasteiger partial charge >= 0.3 is 0 Å². The Morgan fingerprint density at radius 1 is 1.14 bits per heavy atom. The van der Waals surface area contributed by atoms with Crippen LogP contribution in [-0.4, -0.2) is 29.8 Å². The zero-order valence-corrected chi connectivity index (χ0v) is 17.6. The van der Waals surface area contributed by atoms with Crippen LogP contribution in [0.5, 0.6) is 0 Å². The van der Waals surface area contributed by atoms with Gasteiger partial charge in [-0.2, -0.15) is 0 Å². The summed E-state index contributed by atoms with van der Waals surface area (Å²) in [6.07, 6.45) is 7.75. The molecule has 0 spiro atoms. The van der Waals surface area contributed by atoms with Crippen molar-refractivity contribution in [1.29, 1.82) is 0 Å². The van der Waals surface area contributed by atoms with E-state index < -0.39 is 0 Å². The first-order chi connectivity index (χ1) is 14.1. The van der Waals surface area contributed by atoms with Crippen molar-refractivity contribution in [3.05, 3.63) is 51.2 Å². The third-order valence-electron chi connectivity index (χ3n) is 6.04. The summed E-state index contributed by atoms with van der Waals surface area (Å²) >= 11 is 1.65. The third kappa shape index (κ3) is 4.87. The molecule has 0 radical (unpaired) electrons. The summed E-state index contributed by atoms with van der Waals surface area (Å²) in [7, 11) is 0. The first-order valence-corrected chi connectivity index (χ1v) is 11.4. The number of nitrogens with one attached hydrogen (secondary N) is 1. The molecular formula is C23H29N3O2S. The van der Waals surface area contributed by atoms with Gasteiger partial charge in [-0.15, -0.1) is 11.3 Å². The molecule has 2 aromatic rings. The number of hydrogen-bond donors (Lipinski definition) is 2. The van der Waals surface area contributed by atoms with E-state index in [0.29, 0.717) is 13.1 Å². The highest BCUT2D eigenvalue weighted by Crippen LogP contribution is 2.30. The number of carbonyl (C=O) groups is 2. The van der Waals surface area contributed by atoms with Gasteiger partial charge < -0.3 is 11.1 Å². The SMILES string of the molecule is NC(=O)[C@H]1CCCN(Cc2ccccc2NC(=O)c2cc3c(s2)CCCCC3)C1. The number of fused-ring (bicyclic) bond motifs is 1. The van der Waals surface area contributed by atoms with Crippen LogP contribution in [0.3, 0.4) is 0 Å². The second kappa shape index (κ2) is 9.09. The van der Waals surface area contributed by atoms with Crippen molar-refractivity contribution in [2.45, 2.75) is 51.5 Å². The van der Waals surface area contributed by atoms with E-state index in [1.165, 1.54) is 29.7 Å². The highest BCUT2D eigenvalue weighted by Gasteiger charge is 2.24. The highest BCUT2D eigenvalue weighted by molar-refractivity contribution is 7.14. The fourth-order valence-electron chi connectivity index (χ4n) is 4.42. The van der Waals surface area contributed by atoms with Crippen LogP contribution in [0.4, 0.5) is 5.69 Å². The molecule has 4 rings (SSSR count). The van der Waals surface area contributed by atoms with Gasteiger partial charge in [-0.25, -0.2) is 0 Å². The lowest BCUT2D eigenvalue weighted by Gasteiger charge is -2.31. The number of nitrogens with two attached hydrogens (primary N) is 1. The number of likely N-dealkylation sites (tertiary alicyclic amines) is 1. The van der Waals surface area contributed by atoms with Gasteiger partial charge in [-0.1, -0.05) is 24.6 Å². The number of thiophene rings is 1. The molecular weight excluding hydrogens is 382 g/mol. The molecule has 6 heteroatoms. The fourth-order valence-corrected chi connectivity index (χ4v) is 5.56. The second-order valence-corrected chi connectivity index (χ2v) is 9.34.